The van der Waals surface area contributed by atoms with E-state index in [1.807, 2.05) is 0 Å². The molecule has 1 heterocycles. The van der Waals surface area contributed by atoms with Crippen molar-refractivity contribution < 1.29 is 19.4 Å². The van der Waals surface area contributed by atoms with E-state index in [0.29, 0.717) is 19.6 Å². The Labute approximate surface area is 94.4 Å². The average molecular weight is 227 g/mol. The first kappa shape index (κ1) is 11.4. The first-order valence-electron chi connectivity index (χ1n) is 5.68. The zero-order valence-corrected chi connectivity index (χ0v) is 9.39. The summed E-state index contributed by atoms with van der Waals surface area (Å²) >= 11 is 0. The molecule has 2 rings (SSSR count). The highest BCUT2D eigenvalue weighted by molar-refractivity contribution is 5.89. The fourth-order valence-corrected chi connectivity index (χ4v) is 2.25. The van der Waals surface area contributed by atoms with Crippen molar-refractivity contribution in [3.63, 3.8) is 0 Å². The maximum Gasteiger partial charge on any atom is 0.307 e. The standard InChI is InChI=1S/C11H17NO4/c1-12(7-2-4-16-5-3-7)10(13)8-6-9(8)11(14)15/h7-9H,2-6H2,1H3,(H,14,15)/t8-,9+/m1/s1. The van der Waals surface area contributed by atoms with Crippen LogP contribution in [0.1, 0.15) is 19.3 Å². The van der Waals surface area contributed by atoms with Crippen LogP contribution >= 0.6 is 0 Å². The van der Waals surface area contributed by atoms with Gasteiger partial charge in [-0.15, -0.1) is 0 Å². The van der Waals surface area contributed by atoms with E-state index in [-0.39, 0.29) is 17.9 Å². The number of carbonyl (C=O) groups excluding carboxylic acids is 1. The number of carboxylic acids is 1. The van der Waals surface area contributed by atoms with E-state index in [2.05, 4.69) is 0 Å². The van der Waals surface area contributed by atoms with Crippen LogP contribution < -0.4 is 0 Å². The van der Waals surface area contributed by atoms with Crippen LogP contribution in [-0.2, 0) is 14.3 Å². The molecule has 1 saturated carbocycles. The zero-order valence-electron chi connectivity index (χ0n) is 9.39. The largest absolute Gasteiger partial charge is 0.481 e. The van der Waals surface area contributed by atoms with Gasteiger partial charge in [0.1, 0.15) is 0 Å². The van der Waals surface area contributed by atoms with Crippen LogP contribution in [0, 0.1) is 11.8 Å². The number of ether oxygens (including phenoxy) is 1. The van der Waals surface area contributed by atoms with Crippen molar-refractivity contribution in [2.24, 2.45) is 11.8 Å². The Bertz CT molecular complexity index is 298. The molecule has 1 aliphatic heterocycles. The molecule has 0 aromatic heterocycles. The van der Waals surface area contributed by atoms with E-state index in [9.17, 15) is 9.59 Å². The minimum atomic E-state index is -0.848. The van der Waals surface area contributed by atoms with Gasteiger partial charge in [0, 0.05) is 26.3 Å². The van der Waals surface area contributed by atoms with E-state index in [0.717, 1.165) is 12.8 Å². The monoisotopic (exact) mass is 227 g/mol. The van der Waals surface area contributed by atoms with Crippen molar-refractivity contribution in [2.75, 3.05) is 20.3 Å². The molecule has 0 radical (unpaired) electrons. The first-order chi connectivity index (χ1) is 7.61. The zero-order chi connectivity index (χ0) is 11.7. The number of hydrogen-bond acceptors (Lipinski definition) is 3. The molecule has 0 unspecified atom stereocenters. The average Bonchev–Trinajstić information content (AvgIpc) is 3.08. The van der Waals surface area contributed by atoms with Crippen LogP contribution in [0.4, 0.5) is 0 Å². The Morgan fingerprint density at radius 3 is 2.38 bits per heavy atom. The SMILES string of the molecule is CN(C(=O)[C@@H]1C[C@@H]1C(=O)O)C1CCOCC1. The second-order valence-electron chi connectivity index (χ2n) is 4.58. The van der Waals surface area contributed by atoms with Gasteiger partial charge in [-0.3, -0.25) is 9.59 Å². The third kappa shape index (κ3) is 2.19. The number of carboxylic acid groups (broad SMARTS) is 1. The van der Waals surface area contributed by atoms with Gasteiger partial charge in [-0.2, -0.15) is 0 Å². The van der Waals surface area contributed by atoms with E-state index in [1.54, 1.807) is 11.9 Å². The molecule has 1 aliphatic carbocycles. The highest BCUT2D eigenvalue weighted by atomic mass is 16.5. The second kappa shape index (κ2) is 4.41. The number of amides is 1. The van der Waals surface area contributed by atoms with Crippen molar-refractivity contribution >= 4 is 11.9 Å². The van der Waals surface area contributed by atoms with Gasteiger partial charge in [-0.1, -0.05) is 0 Å². The first-order valence-corrected chi connectivity index (χ1v) is 5.68. The number of aliphatic carboxylic acids is 1. The van der Waals surface area contributed by atoms with E-state index >= 15 is 0 Å². The third-order valence-electron chi connectivity index (χ3n) is 3.51. The fourth-order valence-electron chi connectivity index (χ4n) is 2.25. The lowest BCUT2D eigenvalue weighted by atomic mass is 10.1. The molecule has 1 saturated heterocycles. The lowest BCUT2D eigenvalue weighted by molar-refractivity contribution is -0.142. The summed E-state index contributed by atoms with van der Waals surface area (Å²) in [6.45, 7) is 1.38. The summed E-state index contributed by atoms with van der Waals surface area (Å²) < 4.78 is 5.23. The molecule has 0 aromatic carbocycles. The molecule has 0 aromatic rings. The fraction of sp³-hybridized carbons (Fsp3) is 0.818. The number of carbonyl (C=O) groups is 2. The van der Waals surface area contributed by atoms with Crippen LogP contribution in [-0.4, -0.2) is 48.2 Å². The lowest BCUT2D eigenvalue weighted by Crippen LogP contribution is -2.41. The highest BCUT2D eigenvalue weighted by Crippen LogP contribution is 2.40. The molecule has 2 aliphatic rings. The van der Waals surface area contributed by atoms with Gasteiger partial charge in [0.05, 0.1) is 11.8 Å². The van der Waals surface area contributed by atoms with Gasteiger partial charge in [0.15, 0.2) is 0 Å². The van der Waals surface area contributed by atoms with Gasteiger partial charge < -0.3 is 14.7 Å². The van der Waals surface area contributed by atoms with Gasteiger partial charge in [0.2, 0.25) is 5.91 Å². The molecule has 0 bridgehead atoms. The van der Waals surface area contributed by atoms with Gasteiger partial charge >= 0.3 is 5.97 Å². The Hall–Kier alpha value is -1.10. The van der Waals surface area contributed by atoms with Gasteiger partial charge in [-0.05, 0) is 19.3 Å². The van der Waals surface area contributed by atoms with Crippen molar-refractivity contribution in [3.8, 4) is 0 Å². The normalized spacial score (nSPS) is 29.8. The summed E-state index contributed by atoms with van der Waals surface area (Å²) in [5.74, 6) is -1.60. The van der Waals surface area contributed by atoms with Gasteiger partial charge in [0.25, 0.3) is 0 Å². The van der Waals surface area contributed by atoms with Crippen LogP contribution in [0.5, 0.6) is 0 Å². The molecule has 16 heavy (non-hydrogen) atoms. The smallest absolute Gasteiger partial charge is 0.307 e. The summed E-state index contributed by atoms with van der Waals surface area (Å²) in [4.78, 5) is 24.3. The molecular weight excluding hydrogens is 210 g/mol. The summed E-state index contributed by atoms with van der Waals surface area (Å²) in [5.41, 5.74) is 0. The molecule has 90 valence electrons. The number of hydrogen-bond donors (Lipinski definition) is 1. The summed E-state index contributed by atoms with van der Waals surface area (Å²) in [6.07, 6.45) is 2.21. The maximum absolute atomic E-state index is 11.9. The van der Waals surface area contributed by atoms with E-state index in [4.69, 9.17) is 9.84 Å². The molecular formula is C11H17NO4. The molecule has 0 spiro atoms. The molecule has 1 N–H and O–H groups in total. The van der Waals surface area contributed by atoms with Gasteiger partial charge in [-0.25, -0.2) is 0 Å². The van der Waals surface area contributed by atoms with Crippen LogP contribution in [0.3, 0.4) is 0 Å². The molecule has 1 amide bonds. The quantitative estimate of drug-likeness (QED) is 0.755. The van der Waals surface area contributed by atoms with Crippen molar-refractivity contribution in [3.05, 3.63) is 0 Å². The van der Waals surface area contributed by atoms with Crippen molar-refractivity contribution in [1.29, 1.82) is 0 Å². The van der Waals surface area contributed by atoms with E-state index in [1.165, 1.54) is 0 Å². The number of nitrogens with zero attached hydrogens (tertiary/aromatic N) is 1. The predicted molar refractivity (Wildman–Crippen MR) is 55.8 cm³/mol. The maximum atomic E-state index is 11.9. The molecule has 5 heteroatoms. The van der Waals surface area contributed by atoms with Crippen molar-refractivity contribution in [1.82, 2.24) is 4.90 Å². The highest BCUT2D eigenvalue weighted by Gasteiger charge is 2.50. The number of rotatable bonds is 3. The summed E-state index contributed by atoms with van der Waals surface area (Å²) in [7, 11) is 1.77. The van der Waals surface area contributed by atoms with Crippen molar-refractivity contribution in [2.45, 2.75) is 25.3 Å². The summed E-state index contributed by atoms with van der Waals surface area (Å²) in [6, 6.07) is 0.219. The minimum absolute atomic E-state index is 0.0145. The Morgan fingerprint density at radius 1 is 1.25 bits per heavy atom. The van der Waals surface area contributed by atoms with E-state index < -0.39 is 11.9 Å². The second-order valence-corrected chi connectivity index (χ2v) is 4.58. The summed E-state index contributed by atoms with van der Waals surface area (Å²) in [5, 5.41) is 8.77. The molecule has 5 nitrogen and oxygen atoms in total. The third-order valence-corrected chi connectivity index (χ3v) is 3.51. The van der Waals surface area contributed by atoms with Crippen LogP contribution in [0.25, 0.3) is 0 Å². The molecule has 2 fully saturated rings. The Balaban J connectivity index is 1.87. The topological polar surface area (TPSA) is 66.8 Å². The minimum Gasteiger partial charge on any atom is -0.481 e. The Kier molecular flexibility index (Phi) is 3.14. The van der Waals surface area contributed by atoms with Crippen LogP contribution in [0.15, 0.2) is 0 Å². The van der Waals surface area contributed by atoms with Crippen LogP contribution in [0.2, 0.25) is 0 Å². The lowest BCUT2D eigenvalue weighted by Gasteiger charge is -2.31. The molecule has 2 atom stereocenters. The predicted octanol–water partition coefficient (Wildman–Crippen LogP) is 0.345. The Morgan fingerprint density at radius 2 is 1.88 bits per heavy atom.